The van der Waals surface area contributed by atoms with Gasteiger partial charge in [-0.1, -0.05) is 19.1 Å². The van der Waals surface area contributed by atoms with Crippen molar-refractivity contribution < 1.29 is 13.2 Å². The van der Waals surface area contributed by atoms with Gasteiger partial charge in [0.1, 0.15) is 0 Å². The van der Waals surface area contributed by atoms with Gasteiger partial charge in [0.05, 0.1) is 0 Å². The number of thioether (sulfide) groups is 1. The lowest BCUT2D eigenvalue weighted by atomic mass is 10.6. The second kappa shape index (κ2) is 4.18. The van der Waals surface area contributed by atoms with Crippen molar-refractivity contribution in [1.29, 1.82) is 0 Å². The first-order chi connectivity index (χ1) is 4.48. The summed E-state index contributed by atoms with van der Waals surface area (Å²) in [5, 5.41) is 0. The molecule has 0 aliphatic heterocycles. The van der Waals surface area contributed by atoms with Crippen molar-refractivity contribution in [2.24, 2.45) is 0 Å². The third-order valence-electron chi connectivity index (χ3n) is 0.669. The molecule has 10 heavy (non-hydrogen) atoms. The second-order valence-electron chi connectivity index (χ2n) is 1.63. The maximum atomic E-state index is 11.6. The third-order valence-corrected chi connectivity index (χ3v) is 2.36. The summed E-state index contributed by atoms with van der Waals surface area (Å²) in [7, 11) is 0. The van der Waals surface area contributed by atoms with Crippen molar-refractivity contribution in [3.8, 4) is 0 Å². The van der Waals surface area contributed by atoms with E-state index in [1.807, 2.05) is 6.92 Å². The topological polar surface area (TPSA) is 0 Å². The van der Waals surface area contributed by atoms with Crippen LogP contribution in [0.25, 0.3) is 0 Å². The molecule has 0 aliphatic carbocycles. The zero-order valence-electron chi connectivity index (χ0n) is 5.36. The standard InChI is InChI=1S/C5H7F3S2/c1-2-3-10-4(9)5(6,7)8/h2-3H2,1H3. The quantitative estimate of drug-likeness (QED) is 0.611. The summed E-state index contributed by atoms with van der Waals surface area (Å²) in [5.74, 6) is 0.443. The van der Waals surface area contributed by atoms with Crippen LogP contribution in [-0.4, -0.2) is 16.1 Å². The van der Waals surface area contributed by atoms with Gasteiger partial charge in [0.2, 0.25) is 0 Å². The smallest absolute Gasteiger partial charge is 0.165 e. The molecule has 0 aromatic heterocycles. The fourth-order valence-electron chi connectivity index (χ4n) is 0.277. The van der Waals surface area contributed by atoms with Gasteiger partial charge in [0, 0.05) is 0 Å². The van der Waals surface area contributed by atoms with Crippen LogP contribution in [0.1, 0.15) is 13.3 Å². The Balaban J connectivity index is 3.64. The predicted molar refractivity (Wildman–Crippen MR) is 41.4 cm³/mol. The molecule has 0 radical (unpaired) electrons. The van der Waals surface area contributed by atoms with Crippen LogP contribution in [0.5, 0.6) is 0 Å². The second-order valence-corrected chi connectivity index (χ2v) is 3.41. The highest BCUT2D eigenvalue weighted by Gasteiger charge is 2.33. The number of rotatable bonds is 2. The minimum atomic E-state index is -4.30. The first-order valence-electron chi connectivity index (χ1n) is 2.72. The summed E-state index contributed by atoms with van der Waals surface area (Å²) in [4.78, 5) is 0. The molecule has 0 unspecified atom stereocenters. The SMILES string of the molecule is CCCSC(=S)C(F)(F)F. The summed E-state index contributed by atoms with van der Waals surface area (Å²) in [6, 6.07) is 0. The molecule has 0 saturated carbocycles. The van der Waals surface area contributed by atoms with E-state index in [4.69, 9.17) is 0 Å². The maximum absolute atomic E-state index is 11.6. The van der Waals surface area contributed by atoms with Crippen LogP contribution in [0, 0.1) is 0 Å². The molecule has 0 saturated heterocycles. The van der Waals surface area contributed by atoms with E-state index < -0.39 is 10.4 Å². The third kappa shape index (κ3) is 4.11. The summed E-state index contributed by atoms with van der Waals surface area (Å²) >= 11 is 4.78. The Bertz CT molecular complexity index is 119. The van der Waals surface area contributed by atoms with Gasteiger partial charge in [0.25, 0.3) is 0 Å². The van der Waals surface area contributed by atoms with E-state index in [9.17, 15) is 13.2 Å². The number of thiocarbonyl (C=S) groups is 1. The van der Waals surface area contributed by atoms with E-state index >= 15 is 0 Å². The van der Waals surface area contributed by atoms with E-state index in [1.54, 1.807) is 0 Å². The van der Waals surface area contributed by atoms with Gasteiger partial charge >= 0.3 is 6.18 Å². The molecule has 0 atom stereocenters. The van der Waals surface area contributed by atoms with Crippen molar-refractivity contribution in [1.82, 2.24) is 0 Å². The van der Waals surface area contributed by atoms with E-state index in [2.05, 4.69) is 12.2 Å². The Labute approximate surface area is 67.2 Å². The lowest BCUT2D eigenvalue weighted by Crippen LogP contribution is -2.17. The van der Waals surface area contributed by atoms with Gasteiger partial charge in [-0.05, 0) is 12.2 Å². The minimum absolute atomic E-state index is 0.443. The van der Waals surface area contributed by atoms with Crippen LogP contribution in [0.4, 0.5) is 13.2 Å². The Kier molecular flexibility index (Phi) is 4.28. The molecule has 0 fully saturated rings. The number of halogens is 3. The van der Waals surface area contributed by atoms with Gasteiger partial charge in [-0.25, -0.2) is 0 Å². The van der Waals surface area contributed by atoms with Crippen LogP contribution in [0.2, 0.25) is 0 Å². The molecular weight excluding hydrogens is 181 g/mol. The summed E-state index contributed by atoms with van der Waals surface area (Å²) in [5.41, 5.74) is 0. The summed E-state index contributed by atoms with van der Waals surface area (Å²) < 4.78 is 34.0. The molecule has 0 aromatic rings. The van der Waals surface area contributed by atoms with Gasteiger partial charge in [0.15, 0.2) is 4.20 Å². The molecule has 0 amide bonds. The highest BCUT2D eigenvalue weighted by molar-refractivity contribution is 8.23. The zero-order valence-corrected chi connectivity index (χ0v) is 7.00. The van der Waals surface area contributed by atoms with Crippen molar-refractivity contribution in [2.45, 2.75) is 19.5 Å². The Hall–Kier alpha value is 0.230. The normalized spacial score (nSPS) is 11.6. The summed E-state index contributed by atoms with van der Waals surface area (Å²) in [6.45, 7) is 1.81. The lowest BCUT2D eigenvalue weighted by molar-refractivity contribution is -0.0532. The van der Waals surface area contributed by atoms with Gasteiger partial charge in [-0.3, -0.25) is 0 Å². The monoisotopic (exact) mass is 188 g/mol. The lowest BCUT2D eigenvalue weighted by Gasteiger charge is -2.05. The summed E-state index contributed by atoms with van der Waals surface area (Å²) in [6.07, 6.45) is -3.59. The Morgan fingerprint density at radius 1 is 1.50 bits per heavy atom. The highest BCUT2D eigenvalue weighted by Crippen LogP contribution is 2.25. The predicted octanol–water partition coefficient (Wildman–Crippen LogP) is 3.02. The molecule has 0 rings (SSSR count). The minimum Gasteiger partial charge on any atom is -0.165 e. The molecular formula is C5H7F3S2. The first-order valence-corrected chi connectivity index (χ1v) is 4.11. The Morgan fingerprint density at radius 2 is 2.00 bits per heavy atom. The van der Waals surface area contributed by atoms with Crippen LogP contribution in [0.3, 0.4) is 0 Å². The Morgan fingerprint density at radius 3 is 2.30 bits per heavy atom. The molecule has 0 aliphatic rings. The van der Waals surface area contributed by atoms with E-state index in [1.165, 1.54) is 0 Å². The van der Waals surface area contributed by atoms with Gasteiger partial charge in [-0.15, -0.1) is 11.8 Å². The van der Waals surface area contributed by atoms with E-state index in [0.29, 0.717) is 23.9 Å². The van der Waals surface area contributed by atoms with Crippen molar-refractivity contribution in [3.63, 3.8) is 0 Å². The van der Waals surface area contributed by atoms with Gasteiger partial charge < -0.3 is 0 Å². The molecule has 5 heteroatoms. The van der Waals surface area contributed by atoms with Crippen LogP contribution in [-0.2, 0) is 0 Å². The molecule has 60 valence electrons. The van der Waals surface area contributed by atoms with Crippen molar-refractivity contribution in [3.05, 3.63) is 0 Å². The molecule has 0 aromatic carbocycles. The fraction of sp³-hybridized carbons (Fsp3) is 0.800. The number of hydrogen-bond donors (Lipinski definition) is 0. The van der Waals surface area contributed by atoms with Crippen molar-refractivity contribution >= 4 is 28.2 Å². The molecule has 0 spiro atoms. The fourth-order valence-corrected chi connectivity index (χ4v) is 1.08. The molecule has 0 N–H and O–H groups in total. The zero-order chi connectivity index (χ0) is 8.20. The number of alkyl halides is 3. The van der Waals surface area contributed by atoms with Crippen LogP contribution >= 0.6 is 24.0 Å². The molecule has 0 nitrogen and oxygen atoms in total. The van der Waals surface area contributed by atoms with Crippen molar-refractivity contribution in [2.75, 3.05) is 5.75 Å². The number of hydrogen-bond acceptors (Lipinski definition) is 2. The van der Waals surface area contributed by atoms with Gasteiger partial charge in [-0.2, -0.15) is 13.2 Å². The average molecular weight is 188 g/mol. The van der Waals surface area contributed by atoms with E-state index in [0.717, 1.165) is 0 Å². The van der Waals surface area contributed by atoms with E-state index in [-0.39, 0.29) is 0 Å². The highest BCUT2D eigenvalue weighted by atomic mass is 32.2. The van der Waals surface area contributed by atoms with Crippen LogP contribution < -0.4 is 0 Å². The largest absolute Gasteiger partial charge is 0.432 e. The maximum Gasteiger partial charge on any atom is 0.432 e. The average Bonchev–Trinajstić information content (AvgIpc) is 1.80. The molecule has 0 bridgehead atoms. The molecule has 0 heterocycles. The first kappa shape index (κ1) is 10.2. The van der Waals surface area contributed by atoms with Crippen LogP contribution in [0.15, 0.2) is 0 Å².